The summed E-state index contributed by atoms with van der Waals surface area (Å²) >= 11 is 0. The summed E-state index contributed by atoms with van der Waals surface area (Å²) in [6.45, 7) is 0. The molecule has 80 valence electrons. The lowest BCUT2D eigenvalue weighted by Crippen LogP contribution is -2.06. The Morgan fingerprint density at radius 2 is 2.13 bits per heavy atom. The molecule has 2 N–H and O–H groups in total. The van der Waals surface area contributed by atoms with Gasteiger partial charge in [0.15, 0.2) is 11.6 Å². The predicted octanol–water partition coefficient (Wildman–Crippen LogP) is 0.946. The number of carboxylic acids is 1. The molecule has 0 bridgehead atoms. The highest BCUT2D eigenvalue weighted by atomic mass is 16.4. The van der Waals surface area contributed by atoms with Crippen LogP contribution in [0.3, 0.4) is 0 Å². The standard InChI is InChI=1S/C10H12N2O3/c13-8(4-5-9(14)15)10-11-6-2-1-3-7(6)12-10/h1-5H2,(H,11,12)(H,14,15). The lowest BCUT2D eigenvalue weighted by molar-refractivity contribution is -0.136. The third-order valence-corrected chi connectivity index (χ3v) is 2.53. The highest BCUT2D eigenvalue weighted by Crippen LogP contribution is 2.19. The van der Waals surface area contributed by atoms with E-state index in [4.69, 9.17) is 5.11 Å². The van der Waals surface area contributed by atoms with Crippen LogP contribution < -0.4 is 0 Å². The van der Waals surface area contributed by atoms with Crippen molar-refractivity contribution in [2.45, 2.75) is 32.1 Å². The van der Waals surface area contributed by atoms with Gasteiger partial charge in [0.05, 0.1) is 12.1 Å². The molecule has 1 aliphatic rings. The number of aromatic nitrogens is 2. The van der Waals surface area contributed by atoms with Gasteiger partial charge in [-0.2, -0.15) is 0 Å². The molecule has 1 aromatic rings. The van der Waals surface area contributed by atoms with Crippen LogP contribution >= 0.6 is 0 Å². The Labute approximate surface area is 86.5 Å². The van der Waals surface area contributed by atoms with Crippen LogP contribution in [0, 0.1) is 0 Å². The third-order valence-electron chi connectivity index (χ3n) is 2.53. The fourth-order valence-corrected chi connectivity index (χ4v) is 1.76. The fourth-order valence-electron chi connectivity index (χ4n) is 1.76. The lowest BCUT2D eigenvalue weighted by atomic mass is 10.2. The van der Waals surface area contributed by atoms with Crippen molar-refractivity contribution >= 4 is 11.8 Å². The molecule has 0 radical (unpaired) electrons. The van der Waals surface area contributed by atoms with E-state index in [1.807, 2.05) is 0 Å². The van der Waals surface area contributed by atoms with Gasteiger partial charge in [0, 0.05) is 12.1 Å². The van der Waals surface area contributed by atoms with Gasteiger partial charge in [-0.15, -0.1) is 0 Å². The topological polar surface area (TPSA) is 83.0 Å². The van der Waals surface area contributed by atoms with Crippen LogP contribution in [0.15, 0.2) is 0 Å². The third kappa shape index (κ3) is 2.06. The Kier molecular flexibility index (Phi) is 2.53. The Bertz CT molecular complexity index is 387. The van der Waals surface area contributed by atoms with Crippen molar-refractivity contribution < 1.29 is 14.7 Å². The van der Waals surface area contributed by atoms with E-state index in [1.165, 1.54) is 0 Å². The molecule has 1 heterocycles. The Morgan fingerprint density at radius 1 is 1.33 bits per heavy atom. The first kappa shape index (κ1) is 9.89. The molecule has 2 rings (SSSR count). The number of hydrogen-bond acceptors (Lipinski definition) is 3. The van der Waals surface area contributed by atoms with Crippen molar-refractivity contribution in [2.75, 3.05) is 0 Å². The number of aliphatic carboxylic acids is 1. The van der Waals surface area contributed by atoms with Crippen LogP contribution in [-0.2, 0) is 17.6 Å². The number of aryl methyl sites for hydroxylation is 2. The predicted molar refractivity (Wildman–Crippen MR) is 51.8 cm³/mol. The number of imidazole rings is 1. The summed E-state index contributed by atoms with van der Waals surface area (Å²) in [7, 11) is 0. The number of ketones is 1. The quantitative estimate of drug-likeness (QED) is 0.721. The lowest BCUT2D eigenvalue weighted by Gasteiger charge is -1.94. The molecule has 0 saturated heterocycles. The van der Waals surface area contributed by atoms with Gasteiger partial charge in [-0.3, -0.25) is 9.59 Å². The molecule has 0 saturated carbocycles. The van der Waals surface area contributed by atoms with Crippen molar-refractivity contribution in [3.8, 4) is 0 Å². The number of fused-ring (bicyclic) bond motifs is 1. The number of Topliss-reactive ketones (excluding diaryl/α,β-unsaturated/α-hetero) is 1. The monoisotopic (exact) mass is 208 g/mol. The minimum Gasteiger partial charge on any atom is -0.481 e. The second-order valence-electron chi connectivity index (χ2n) is 3.68. The molecule has 0 fully saturated rings. The van der Waals surface area contributed by atoms with Crippen molar-refractivity contribution in [1.29, 1.82) is 0 Å². The summed E-state index contributed by atoms with van der Waals surface area (Å²) in [6.07, 6.45) is 2.82. The van der Waals surface area contributed by atoms with Gasteiger partial charge in [-0.05, 0) is 19.3 Å². The van der Waals surface area contributed by atoms with E-state index in [9.17, 15) is 9.59 Å². The summed E-state index contributed by atoms with van der Waals surface area (Å²) < 4.78 is 0. The van der Waals surface area contributed by atoms with Crippen LogP contribution in [0.2, 0.25) is 0 Å². The van der Waals surface area contributed by atoms with E-state index in [1.54, 1.807) is 0 Å². The first-order valence-corrected chi connectivity index (χ1v) is 4.99. The summed E-state index contributed by atoms with van der Waals surface area (Å²) in [5.74, 6) is -0.852. The van der Waals surface area contributed by atoms with Crippen LogP contribution in [0.25, 0.3) is 0 Å². The van der Waals surface area contributed by atoms with E-state index >= 15 is 0 Å². The van der Waals surface area contributed by atoms with E-state index in [0.29, 0.717) is 5.82 Å². The molecule has 1 aromatic heterocycles. The van der Waals surface area contributed by atoms with Crippen LogP contribution in [0.4, 0.5) is 0 Å². The van der Waals surface area contributed by atoms with Gasteiger partial charge in [0.1, 0.15) is 0 Å². The number of carboxylic acid groups (broad SMARTS) is 1. The second kappa shape index (κ2) is 3.84. The van der Waals surface area contributed by atoms with Crippen molar-refractivity contribution in [3.63, 3.8) is 0 Å². The maximum Gasteiger partial charge on any atom is 0.303 e. The maximum atomic E-state index is 11.5. The molecule has 0 aromatic carbocycles. The molecule has 0 atom stereocenters. The Morgan fingerprint density at radius 3 is 2.80 bits per heavy atom. The number of hydrogen-bond donors (Lipinski definition) is 2. The highest BCUT2D eigenvalue weighted by Gasteiger charge is 2.19. The first-order valence-electron chi connectivity index (χ1n) is 4.99. The molecule has 5 nitrogen and oxygen atoms in total. The van der Waals surface area contributed by atoms with Crippen LogP contribution in [0.1, 0.15) is 41.3 Å². The van der Waals surface area contributed by atoms with Crippen molar-refractivity contribution in [1.82, 2.24) is 9.97 Å². The largest absolute Gasteiger partial charge is 0.481 e. The Hall–Kier alpha value is -1.65. The van der Waals surface area contributed by atoms with E-state index < -0.39 is 5.97 Å². The summed E-state index contributed by atoms with van der Waals surface area (Å²) in [5, 5.41) is 8.44. The number of nitrogens with one attached hydrogen (secondary N) is 1. The minimum absolute atomic E-state index is 0.0156. The number of H-pyrrole nitrogens is 1. The van der Waals surface area contributed by atoms with Gasteiger partial charge in [0.2, 0.25) is 0 Å². The SMILES string of the molecule is O=C(O)CCC(=O)c1nc2c([nH]1)CCC2. The Balaban J connectivity index is 2.03. The molecule has 0 aliphatic heterocycles. The molecular formula is C10H12N2O3. The first-order chi connectivity index (χ1) is 7.16. The number of rotatable bonds is 4. The molecule has 0 unspecified atom stereocenters. The summed E-state index contributed by atoms with van der Waals surface area (Å²) in [5.41, 5.74) is 2.00. The molecule has 15 heavy (non-hydrogen) atoms. The van der Waals surface area contributed by atoms with Gasteiger partial charge >= 0.3 is 5.97 Å². The zero-order chi connectivity index (χ0) is 10.8. The van der Waals surface area contributed by atoms with Crippen molar-refractivity contribution in [2.24, 2.45) is 0 Å². The van der Waals surface area contributed by atoms with E-state index in [-0.39, 0.29) is 18.6 Å². The molecule has 1 aliphatic carbocycles. The average molecular weight is 208 g/mol. The van der Waals surface area contributed by atoms with Gasteiger partial charge < -0.3 is 10.1 Å². The van der Waals surface area contributed by atoms with Gasteiger partial charge in [-0.25, -0.2) is 4.98 Å². The molecule has 0 amide bonds. The zero-order valence-corrected chi connectivity index (χ0v) is 8.25. The number of nitrogens with zero attached hydrogens (tertiary/aromatic N) is 1. The smallest absolute Gasteiger partial charge is 0.303 e. The van der Waals surface area contributed by atoms with Gasteiger partial charge in [0.25, 0.3) is 0 Å². The van der Waals surface area contributed by atoms with Crippen molar-refractivity contribution in [3.05, 3.63) is 17.2 Å². The molecular weight excluding hydrogens is 196 g/mol. The van der Waals surface area contributed by atoms with Gasteiger partial charge in [-0.1, -0.05) is 0 Å². The minimum atomic E-state index is -0.956. The number of carbonyl (C=O) groups excluding carboxylic acids is 1. The average Bonchev–Trinajstić information content (AvgIpc) is 2.72. The molecule has 5 heteroatoms. The van der Waals surface area contributed by atoms with Crippen LogP contribution in [0.5, 0.6) is 0 Å². The van der Waals surface area contributed by atoms with E-state index in [0.717, 1.165) is 30.7 Å². The fraction of sp³-hybridized carbons (Fsp3) is 0.500. The number of aromatic amines is 1. The molecule has 0 spiro atoms. The van der Waals surface area contributed by atoms with E-state index in [2.05, 4.69) is 9.97 Å². The normalized spacial score (nSPS) is 13.9. The number of carbonyl (C=O) groups is 2. The zero-order valence-electron chi connectivity index (χ0n) is 8.25. The second-order valence-corrected chi connectivity index (χ2v) is 3.68. The summed E-state index contributed by atoms with van der Waals surface area (Å²) in [4.78, 5) is 28.9. The summed E-state index contributed by atoms with van der Waals surface area (Å²) in [6, 6.07) is 0. The highest BCUT2D eigenvalue weighted by molar-refractivity contribution is 5.94. The maximum absolute atomic E-state index is 11.5. The van der Waals surface area contributed by atoms with Crippen LogP contribution in [-0.4, -0.2) is 26.8 Å².